The van der Waals surface area contributed by atoms with Crippen molar-refractivity contribution in [1.29, 1.82) is 0 Å². The van der Waals surface area contributed by atoms with Gasteiger partial charge in [-0.2, -0.15) is 0 Å². The lowest BCUT2D eigenvalue weighted by Crippen LogP contribution is -2.35. The zero-order chi connectivity index (χ0) is 19.3. The van der Waals surface area contributed by atoms with Crippen LogP contribution in [0.15, 0.2) is 16.5 Å². The SMILES string of the molecule is CN(C(=O)c1ccc(CN2CCOCC2)o1)c1nc2c(s1)C1CCC(C2)N1C. The predicted octanol–water partition coefficient (Wildman–Crippen LogP) is 2.54. The number of ether oxygens (including phenoxy) is 1. The molecule has 2 saturated heterocycles. The van der Waals surface area contributed by atoms with Crippen LogP contribution in [0.4, 0.5) is 5.13 Å². The van der Waals surface area contributed by atoms with E-state index in [1.165, 1.54) is 23.4 Å². The highest BCUT2D eigenvalue weighted by atomic mass is 32.1. The molecule has 0 spiro atoms. The Kier molecular flexibility index (Phi) is 4.74. The molecule has 0 N–H and O–H groups in total. The molecule has 2 bridgehead atoms. The van der Waals surface area contributed by atoms with Crippen LogP contribution in [0.2, 0.25) is 0 Å². The number of amides is 1. The van der Waals surface area contributed by atoms with Crippen LogP contribution in [0.1, 0.15) is 45.8 Å². The number of rotatable bonds is 4. The molecule has 2 aromatic heterocycles. The standard InChI is InChI=1S/C20H26N4O3S/c1-22-13-3-5-16(22)18-15(11-13)21-20(28-18)23(2)19(25)17-6-4-14(27-17)12-24-7-9-26-10-8-24/h4,6,13,16H,3,5,7-12H2,1-2H3. The van der Waals surface area contributed by atoms with Gasteiger partial charge in [0.25, 0.3) is 5.91 Å². The van der Waals surface area contributed by atoms with Gasteiger partial charge in [0, 0.05) is 43.5 Å². The van der Waals surface area contributed by atoms with Gasteiger partial charge in [0.2, 0.25) is 0 Å². The molecule has 28 heavy (non-hydrogen) atoms. The molecule has 1 amide bonds. The predicted molar refractivity (Wildman–Crippen MR) is 107 cm³/mol. The minimum atomic E-state index is -0.141. The van der Waals surface area contributed by atoms with Crippen LogP contribution in [-0.4, -0.2) is 67.1 Å². The van der Waals surface area contributed by atoms with Crippen LogP contribution < -0.4 is 4.90 Å². The molecule has 5 rings (SSSR count). The Labute approximate surface area is 168 Å². The van der Waals surface area contributed by atoms with Gasteiger partial charge in [0.05, 0.1) is 25.5 Å². The van der Waals surface area contributed by atoms with E-state index in [0.29, 0.717) is 24.4 Å². The van der Waals surface area contributed by atoms with E-state index in [1.807, 2.05) is 6.07 Å². The third kappa shape index (κ3) is 3.18. The summed E-state index contributed by atoms with van der Waals surface area (Å²) in [4.78, 5) is 25.5. The molecular weight excluding hydrogens is 376 g/mol. The first-order valence-electron chi connectivity index (χ1n) is 9.98. The smallest absolute Gasteiger partial charge is 0.295 e. The quantitative estimate of drug-likeness (QED) is 0.783. The lowest BCUT2D eigenvalue weighted by Gasteiger charge is -2.29. The molecular formula is C20H26N4O3S. The molecule has 2 aromatic rings. The van der Waals surface area contributed by atoms with Crippen molar-refractivity contribution in [1.82, 2.24) is 14.8 Å². The fraction of sp³-hybridized carbons (Fsp3) is 0.600. The molecule has 3 aliphatic heterocycles. The second-order valence-electron chi connectivity index (χ2n) is 7.94. The van der Waals surface area contributed by atoms with E-state index in [4.69, 9.17) is 14.1 Å². The third-order valence-corrected chi connectivity index (χ3v) is 7.51. The van der Waals surface area contributed by atoms with Gasteiger partial charge in [-0.1, -0.05) is 11.3 Å². The fourth-order valence-electron chi connectivity index (χ4n) is 4.51. The van der Waals surface area contributed by atoms with Gasteiger partial charge in [0.15, 0.2) is 10.9 Å². The minimum Gasteiger partial charge on any atom is -0.455 e. The average molecular weight is 403 g/mol. The molecule has 2 unspecified atom stereocenters. The number of carbonyl (C=O) groups excluding carboxylic acids is 1. The highest BCUT2D eigenvalue weighted by Crippen LogP contribution is 2.46. The van der Waals surface area contributed by atoms with Crippen molar-refractivity contribution < 1.29 is 13.9 Å². The number of nitrogens with zero attached hydrogens (tertiary/aromatic N) is 4. The van der Waals surface area contributed by atoms with Gasteiger partial charge in [0.1, 0.15) is 5.76 Å². The molecule has 7 nitrogen and oxygen atoms in total. The van der Waals surface area contributed by atoms with Gasteiger partial charge in [-0.25, -0.2) is 4.98 Å². The van der Waals surface area contributed by atoms with Crippen LogP contribution in [0, 0.1) is 0 Å². The van der Waals surface area contributed by atoms with Gasteiger partial charge in [-0.3, -0.25) is 19.5 Å². The van der Waals surface area contributed by atoms with Crippen molar-refractivity contribution in [2.75, 3.05) is 45.3 Å². The number of furan rings is 1. The van der Waals surface area contributed by atoms with E-state index in [-0.39, 0.29) is 5.91 Å². The van der Waals surface area contributed by atoms with E-state index in [0.717, 1.165) is 43.6 Å². The Morgan fingerprint density at radius 2 is 2.14 bits per heavy atom. The van der Waals surface area contributed by atoms with E-state index in [1.54, 1.807) is 29.4 Å². The first-order valence-corrected chi connectivity index (χ1v) is 10.8. The zero-order valence-corrected chi connectivity index (χ0v) is 17.2. The Hall–Kier alpha value is -1.74. The average Bonchev–Trinajstić information content (AvgIpc) is 3.40. The first kappa shape index (κ1) is 18.3. The summed E-state index contributed by atoms with van der Waals surface area (Å²) >= 11 is 1.65. The minimum absolute atomic E-state index is 0.141. The molecule has 150 valence electrons. The van der Waals surface area contributed by atoms with Gasteiger partial charge < -0.3 is 9.15 Å². The topological polar surface area (TPSA) is 62.1 Å². The lowest BCUT2D eigenvalue weighted by molar-refractivity contribution is 0.0311. The number of morpholine rings is 1. The van der Waals surface area contributed by atoms with E-state index in [9.17, 15) is 4.79 Å². The Morgan fingerprint density at radius 3 is 2.96 bits per heavy atom. The van der Waals surface area contributed by atoms with Crippen LogP contribution in [0.5, 0.6) is 0 Å². The van der Waals surface area contributed by atoms with Crippen LogP contribution in [-0.2, 0) is 17.7 Å². The third-order valence-electron chi connectivity index (χ3n) is 6.24. The number of anilines is 1. The molecule has 3 aliphatic rings. The summed E-state index contributed by atoms with van der Waals surface area (Å²) in [6.07, 6.45) is 3.43. The van der Waals surface area contributed by atoms with Crippen molar-refractivity contribution in [2.45, 2.75) is 37.9 Å². The molecule has 0 aromatic carbocycles. The summed E-state index contributed by atoms with van der Waals surface area (Å²) in [6.45, 7) is 4.00. The summed E-state index contributed by atoms with van der Waals surface area (Å²) in [5, 5.41) is 0.766. The number of likely N-dealkylation sites (N-methyl/N-ethyl adjacent to an activating group) is 1. The summed E-state index contributed by atoms with van der Waals surface area (Å²) in [5.41, 5.74) is 1.18. The van der Waals surface area contributed by atoms with Crippen molar-refractivity contribution >= 4 is 22.4 Å². The number of thiazole rings is 1. The number of aromatic nitrogens is 1. The normalized spacial score (nSPS) is 25.1. The fourth-order valence-corrected chi connectivity index (χ4v) is 5.75. The summed E-state index contributed by atoms with van der Waals surface area (Å²) in [6, 6.07) is 4.74. The van der Waals surface area contributed by atoms with Crippen molar-refractivity contribution in [3.05, 3.63) is 34.2 Å². The molecule has 0 radical (unpaired) electrons. The molecule has 0 saturated carbocycles. The van der Waals surface area contributed by atoms with Crippen molar-refractivity contribution in [3.8, 4) is 0 Å². The number of hydrogen-bond acceptors (Lipinski definition) is 7. The summed E-state index contributed by atoms with van der Waals surface area (Å²) in [5.74, 6) is 1.05. The maximum Gasteiger partial charge on any atom is 0.295 e. The monoisotopic (exact) mass is 402 g/mol. The summed E-state index contributed by atoms with van der Waals surface area (Å²) < 4.78 is 11.2. The zero-order valence-electron chi connectivity index (χ0n) is 16.4. The molecule has 2 atom stereocenters. The number of hydrogen-bond donors (Lipinski definition) is 0. The number of carbonyl (C=O) groups is 1. The molecule has 8 heteroatoms. The van der Waals surface area contributed by atoms with Crippen LogP contribution >= 0.6 is 11.3 Å². The Bertz CT molecular complexity index is 873. The van der Waals surface area contributed by atoms with Crippen molar-refractivity contribution in [2.24, 2.45) is 0 Å². The molecule has 0 aliphatic carbocycles. The van der Waals surface area contributed by atoms with E-state index < -0.39 is 0 Å². The maximum absolute atomic E-state index is 12.9. The molecule has 2 fully saturated rings. The molecule has 5 heterocycles. The van der Waals surface area contributed by atoms with E-state index >= 15 is 0 Å². The maximum atomic E-state index is 12.9. The highest BCUT2D eigenvalue weighted by Gasteiger charge is 2.40. The highest BCUT2D eigenvalue weighted by molar-refractivity contribution is 7.16. The lowest BCUT2D eigenvalue weighted by atomic mass is 10.1. The Morgan fingerprint density at radius 1 is 1.32 bits per heavy atom. The van der Waals surface area contributed by atoms with Gasteiger partial charge >= 0.3 is 0 Å². The Balaban J connectivity index is 1.30. The first-order chi connectivity index (χ1) is 13.6. The second-order valence-corrected chi connectivity index (χ2v) is 8.95. The van der Waals surface area contributed by atoms with Gasteiger partial charge in [-0.05, 0) is 32.0 Å². The van der Waals surface area contributed by atoms with Gasteiger partial charge in [-0.15, -0.1) is 0 Å². The van der Waals surface area contributed by atoms with Crippen LogP contribution in [0.3, 0.4) is 0 Å². The number of fused-ring (bicyclic) bond motifs is 4. The second kappa shape index (κ2) is 7.26. The van der Waals surface area contributed by atoms with Crippen molar-refractivity contribution in [3.63, 3.8) is 0 Å². The van der Waals surface area contributed by atoms with Crippen LogP contribution in [0.25, 0.3) is 0 Å². The largest absolute Gasteiger partial charge is 0.455 e. The summed E-state index contributed by atoms with van der Waals surface area (Å²) in [7, 11) is 4.00. The van der Waals surface area contributed by atoms with E-state index in [2.05, 4.69) is 16.8 Å².